The topological polar surface area (TPSA) is 64.0 Å². The van der Waals surface area contributed by atoms with Gasteiger partial charge in [-0.05, 0) is 49.2 Å². The van der Waals surface area contributed by atoms with E-state index in [0.29, 0.717) is 28.8 Å². The molecule has 1 aromatic carbocycles. The molecule has 0 amide bonds. The lowest BCUT2D eigenvalue weighted by Crippen LogP contribution is -2.13. The van der Waals surface area contributed by atoms with Crippen LogP contribution in [0.4, 0.5) is 10.1 Å². The quantitative estimate of drug-likeness (QED) is 0.719. The molecule has 0 atom stereocenters. The van der Waals surface area contributed by atoms with Crippen molar-refractivity contribution in [3.63, 3.8) is 0 Å². The molecule has 2 heterocycles. The number of anilines is 1. The molecule has 3 aromatic rings. The maximum atomic E-state index is 13.2. The van der Waals surface area contributed by atoms with Gasteiger partial charge in [-0.15, -0.1) is 0 Å². The molecule has 25 heavy (non-hydrogen) atoms. The Morgan fingerprint density at radius 1 is 1.28 bits per heavy atom. The van der Waals surface area contributed by atoms with Crippen LogP contribution in [0.1, 0.15) is 25.3 Å². The molecule has 1 N–H and O–H groups in total. The molecule has 0 spiro atoms. The summed E-state index contributed by atoms with van der Waals surface area (Å²) in [5, 5.41) is 0.575. The lowest BCUT2D eigenvalue weighted by atomic mass is 10.2. The number of benzene rings is 1. The highest BCUT2D eigenvalue weighted by molar-refractivity contribution is 7.93. The summed E-state index contributed by atoms with van der Waals surface area (Å²) in [7, 11) is -3.81. The van der Waals surface area contributed by atoms with Crippen LogP contribution in [0.2, 0.25) is 0 Å². The Morgan fingerprint density at radius 2 is 2.08 bits per heavy atom. The van der Waals surface area contributed by atoms with E-state index in [4.69, 9.17) is 0 Å². The second-order valence-electron chi connectivity index (χ2n) is 5.98. The Labute approximate surface area is 146 Å². The summed E-state index contributed by atoms with van der Waals surface area (Å²) < 4.78 is 43.5. The first-order chi connectivity index (χ1) is 11.9. The van der Waals surface area contributed by atoms with E-state index in [0.717, 1.165) is 12.8 Å². The van der Waals surface area contributed by atoms with Gasteiger partial charge in [-0.3, -0.25) is 4.72 Å². The largest absolute Gasteiger partial charge is 0.331 e. The highest BCUT2D eigenvalue weighted by atomic mass is 32.2. The minimum absolute atomic E-state index is 0.176. The van der Waals surface area contributed by atoms with Gasteiger partial charge < -0.3 is 4.57 Å². The first kappa shape index (κ1) is 17.4. The lowest BCUT2D eigenvalue weighted by molar-refractivity contribution is 0.599. The monoisotopic (exact) mass is 361 g/mol. The van der Waals surface area contributed by atoms with Crippen LogP contribution in [0.3, 0.4) is 0 Å². The Hall–Kier alpha value is -2.41. The minimum atomic E-state index is -3.81. The minimum Gasteiger partial charge on any atom is -0.331 e. The lowest BCUT2D eigenvalue weighted by Gasteiger charge is -2.10. The molecular formula is C18H20FN3O2S. The van der Waals surface area contributed by atoms with Crippen LogP contribution in [0.25, 0.3) is 11.0 Å². The number of aromatic nitrogens is 2. The van der Waals surface area contributed by atoms with Gasteiger partial charge in [-0.25, -0.2) is 17.8 Å². The fourth-order valence-electron chi connectivity index (χ4n) is 2.74. The van der Waals surface area contributed by atoms with E-state index >= 15 is 0 Å². The summed E-state index contributed by atoms with van der Waals surface area (Å²) >= 11 is 0. The van der Waals surface area contributed by atoms with Crippen LogP contribution in [0.15, 0.2) is 47.6 Å². The van der Waals surface area contributed by atoms with Crippen molar-refractivity contribution >= 4 is 26.7 Å². The van der Waals surface area contributed by atoms with Crippen LogP contribution in [0.5, 0.6) is 0 Å². The predicted molar refractivity (Wildman–Crippen MR) is 96.6 cm³/mol. The van der Waals surface area contributed by atoms with E-state index in [1.807, 2.05) is 4.57 Å². The van der Waals surface area contributed by atoms with E-state index < -0.39 is 15.8 Å². The maximum absolute atomic E-state index is 13.2. The molecule has 3 rings (SSSR count). The van der Waals surface area contributed by atoms with E-state index in [2.05, 4.69) is 16.6 Å². The van der Waals surface area contributed by atoms with E-state index in [1.54, 1.807) is 31.5 Å². The number of aryl methyl sites for hydroxylation is 2. The van der Waals surface area contributed by atoms with Gasteiger partial charge in [0.1, 0.15) is 16.4 Å². The number of fused-ring (bicyclic) bond motifs is 1. The number of nitrogens with one attached hydrogen (secondary N) is 1. The van der Waals surface area contributed by atoms with Gasteiger partial charge in [0.2, 0.25) is 0 Å². The third-order valence-electron chi connectivity index (χ3n) is 4.07. The van der Waals surface area contributed by atoms with Crippen molar-refractivity contribution in [2.75, 3.05) is 4.72 Å². The Morgan fingerprint density at radius 3 is 2.80 bits per heavy atom. The highest BCUT2D eigenvalue weighted by Gasteiger charge is 2.22. The number of sulfonamides is 1. The molecule has 0 radical (unpaired) electrons. The molecule has 0 aliphatic heterocycles. The molecule has 0 bridgehead atoms. The van der Waals surface area contributed by atoms with Gasteiger partial charge in [0.25, 0.3) is 10.0 Å². The van der Waals surface area contributed by atoms with Gasteiger partial charge in [0.15, 0.2) is 0 Å². The van der Waals surface area contributed by atoms with Gasteiger partial charge in [-0.2, -0.15) is 0 Å². The van der Waals surface area contributed by atoms with E-state index in [1.165, 1.54) is 18.2 Å². The fraction of sp³-hybridized carbons (Fsp3) is 0.278. The van der Waals surface area contributed by atoms with Crippen molar-refractivity contribution in [2.24, 2.45) is 0 Å². The van der Waals surface area contributed by atoms with Crippen LogP contribution in [0, 0.1) is 12.7 Å². The predicted octanol–water partition coefficient (Wildman–Crippen LogP) is 4.08. The number of unbranched alkanes of at least 4 members (excludes halogenated alkanes) is 1. The van der Waals surface area contributed by atoms with Crippen molar-refractivity contribution in [3.8, 4) is 0 Å². The molecule has 0 fully saturated rings. The summed E-state index contributed by atoms with van der Waals surface area (Å²) in [6, 6.07) is 7.42. The molecular weight excluding hydrogens is 341 g/mol. The molecule has 0 saturated heterocycles. The van der Waals surface area contributed by atoms with Crippen LogP contribution in [-0.4, -0.2) is 18.0 Å². The zero-order valence-electron chi connectivity index (χ0n) is 14.2. The van der Waals surface area contributed by atoms with Crippen LogP contribution >= 0.6 is 0 Å². The first-order valence-corrected chi connectivity index (χ1v) is 9.63. The summed E-state index contributed by atoms with van der Waals surface area (Å²) in [5.74, 6) is -0.402. The normalized spacial score (nSPS) is 11.8. The third-order valence-corrected chi connectivity index (χ3v) is 5.47. The fourth-order valence-corrected chi connectivity index (χ4v) is 4.09. The number of nitrogens with zero attached hydrogens (tertiary/aromatic N) is 2. The maximum Gasteiger partial charge on any atom is 0.264 e. The molecule has 0 aliphatic rings. The number of rotatable bonds is 6. The molecule has 0 unspecified atom stereocenters. The summed E-state index contributed by atoms with van der Waals surface area (Å²) in [5.41, 5.74) is 1.53. The highest BCUT2D eigenvalue weighted by Crippen LogP contribution is 2.27. The average molecular weight is 361 g/mol. The summed E-state index contributed by atoms with van der Waals surface area (Å²) in [6.45, 7) is 4.44. The summed E-state index contributed by atoms with van der Waals surface area (Å²) in [4.78, 5) is 4.50. The molecule has 5 nitrogen and oxygen atoms in total. The third kappa shape index (κ3) is 3.51. The number of hydrogen-bond donors (Lipinski definition) is 1. The average Bonchev–Trinajstić information content (AvgIpc) is 2.95. The zero-order chi connectivity index (χ0) is 18.0. The molecule has 2 aromatic heterocycles. The zero-order valence-corrected chi connectivity index (χ0v) is 15.0. The van der Waals surface area contributed by atoms with E-state index in [-0.39, 0.29) is 4.90 Å². The molecule has 0 aliphatic carbocycles. The second-order valence-corrected chi connectivity index (χ2v) is 7.63. The van der Waals surface area contributed by atoms with Gasteiger partial charge >= 0.3 is 0 Å². The van der Waals surface area contributed by atoms with E-state index in [9.17, 15) is 12.8 Å². The van der Waals surface area contributed by atoms with Crippen molar-refractivity contribution in [2.45, 2.75) is 38.1 Å². The Balaban J connectivity index is 2.05. The number of halogens is 1. The summed E-state index contributed by atoms with van der Waals surface area (Å²) in [6.07, 6.45) is 5.21. The molecule has 132 valence electrons. The van der Waals surface area contributed by atoms with Gasteiger partial charge in [0, 0.05) is 24.3 Å². The van der Waals surface area contributed by atoms with Crippen molar-refractivity contribution in [1.82, 2.24) is 9.55 Å². The standard InChI is InChI=1S/C18H20FN3O2S/c1-3-4-10-22-12-17(15-6-5-9-20-18(15)22)25(23,24)21-16-8-7-14(19)11-13(16)2/h5-9,11-12,21H,3-4,10H2,1-2H3. The molecule has 0 saturated carbocycles. The Bertz CT molecular complexity index is 1010. The SMILES string of the molecule is CCCCn1cc(S(=O)(=O)Nc2ccc(F)cc2C)c2cccnc21. The molecule has 7 heteroatoms. The smallest absolute Gasteiger partial charge is 0.264 e. The number of hydrogen-bond acceptors (Lipinski definition) is 3. The van der Waals surface area contributed by atoms with Crippen molar-refractivity contribution < 1.29 is 12.8 Å². The van der Waals surface area contributed by atoms with Crippen molar-refractivity contribution in [1.29, 1.82) is 0 Å². The van der Waals surface area contributed by atoms with Crippen molar-refractivity contribution in [3.05, 3.63) is 54.1 Å². The number of pyridine rings is 1. The van der Waals surface area contributed by atoms with Crippen LogP contribution < -0.4 is 4.72 Å². The second kappa shape index (κ2) is 6.84. The van der Waals surface area contributed by atoms with Crippen LogP contribution in [-0.2, 0) is 16.6 Å². The first-order valence-electron chi connectivity index (χ1n) is 8.15. The Kier molecular flexibility index (Phi) is 4.76. The van der Waals surface area contributed by atoms with Gasteiger partial charge in [0.05, 0.1) is 5.69 Å². The van der Waals surface area contributed by atoms with Gasteiger partial charge in [-0.1, -0.05) is 13.3 Å².